The Balaban J connectivity index is 1.23. The Morgan fingerprint density at radius 2 is 1.42 bits per heavy atom. The van der Waals surface area contributed by atoms with Gasteiger partial charge in [-0.2, -0.15) is 0 Å². The number of allylic oxidation sites excluding steroid dienone is 2. The number of hydrogen-bond donors (Lipinski definition) is 0. The maximum atomic E-state index is 13.4. The first-order valence-corrected chi connectivity index (χ1v) is 13.8. The lowest BCUT2D eigenvalue weighted by Gasteiger charge is -2.50. The van der Waals surface area contributed by atoms with E-state index in [0.717, 1.165) is 70.3 Å². The Labute approximate surface area is 217 Å². The van der Waals surface area contributed by atoms with Gasteiger partial charge in [-0.1, -0.05) is 48.0 Å². The van der Waals surface area contributed by atoms with Gasteiger partial charge < -0.3 is 9.80 Å². The van der Waals surface area contributed by atoms with Crippen LogP contribution in [0.4, 0.5) is 11.4 Å². The maximum absolute atomic E-state index is 13.4. The molecule has 5 rings (SSSR count). The van der Waals surface area contributed by atoms with Gasteiger partial charge in [0.15, 0.2) is 0 Å². The van der Waals surface area contributed by atoms with Crippen LogP contribution in [0.5, 0.6) is 0 Å². The van der Waals surface area contributed by atoms with Crippen molar-refractivity contribution in [2.45, 2.75) is 70.9 Å². The van der Waals surface area contributed by atoms with E-state index in [2.05, 4.69) is 102 Å². The zero-order chi connectivity index (χ0) is 25.1. The largest absolute Gasteiger partial charge is 0.339 e. The van der Waals surface area contributed by atoms with Gasteiger partial charge >= 0.3 is 0 Å². The van der Waals surface area contributed by atoms with Gasteiger partial charge in [0.05, 0.1) is 0 Å². The molecule has 0 aromatic heterocycles. The first-order chi connectivity index (χ1) is 17.5. The molecule has 0 saturated carbocycles. The third kappa shape index (κ3) is 5.01. The highest BCUT2D eigenvalue weighted by Crippen LogP contribution is 2.37. The molecule has 2 saturated heterocycles. The second-order valence-corrected chi connectivity index (χ2v) is 11.1. The number of para-hydroxylation sites is 2. The molecular formula is C32H41N3O. The second kappa shape index (κ2) is 10.6. The van der Waals surface area contributed by atoms with Crippen molar-refractivity contribution in [3.05, 3.63) is 83.5 Å². The summed E-state index contributed by atoms with van der Waals surface area (Å²) in [6.07, 6.45) is 8.72. The molecule has 2 heterocycles. The molecule has 4 heteroatoms. The molecule has 1 aliphatic carbocycles. The van der Waals surface area contributed by atoms with Gasteiger partial charge in [0, 0.05) is 54.7 Å². The predicted molar refractivity (Wildman–Crippen MR) is 150 cm³/mol. The zero-order valence-electron chi connectivity index (χ0n) is 22.2. The molecule has 1 amide bonds. The second-order valence-electron chi connectivity index (χ2n) is 11.1. The van der Waals surface area contributed by atoms with Crippen LogP contribution in [0.2, 0.25) is 0 Å². The summed E-state index contributed by atoms with van der Waals surface area (Å²) in [5.41, 5.74) is 6.13. The van der Waals surface area contributed by atoms with Crippen molar-refractivity contribution in [2.75, 3.05) is 31.1 Å². The van der Waals surface area contributed by atoms with E-state index in [4.69, 9.17) is 0 Å². The molecular weight excluding hydrogens is 442 g/mol. The summed E-state index contributed by atoms with van der Waals surface area (Å²) in [6.45, 7) is 10.6. The molecule has 2 aromatic rings. The summed E-state index contributed by atoms with van der Waals surface area (Å²) >= 11 is 0. The summed E-state index contributed by atoms with van der Waals surface area (Å²) in [5.74, 6) is 0.253. The highest BCUT2D eigenvalue weighted by molar-refractivity contribution is 5.98. The zero-order valence-corrected chi connectivity index (χ0v) is 22.2. The molecule has 36 heavy (non-hydrogen) atoms. The Hall–Kier alpha value is -2.85. The third-order valence-electron chi connectivity index (χ3n) is 8.79. The highest BCUT2D eigenvalue weighted by atomic mass is 16.2. The van der Waals surface area contributed by atoms with Crippen molar-refractivity contribution in [1.82, 2.24) is 9.80 Å². The van der Waals surface area contributed by atoms with E-state index in [9.17, 15) is 4.79 Å². The highest BCUT2D eigenvalue weighted by Gasteiger charge is 2.40. The summed E-state index contributed by atoms with van der Waals surface area (Å²) in [5, 5.41) is 0. The standard InChI is InChI=1S/C32H41N3O/c1-25-11-10-12-26(2)30(25)31(36)33-23-19-32(3,20-24-33)34-21-17-29(18-22-34)35(27-13-6-4-7-14-27)28-15-8-5-9-16-28/h4-9,11,13-16,29H,10,12,17-24H2,1-3H3. The minimum absolute atomic E-state index is 0.174. The smallest absolute Gasteiger partial charge is 0.254 e. The molecule has 0 N–H and O–H groups in total. The first kappa shape index (κ1) is 24.8. The first-order valence-electron chi connectivity index (χ1n) is 13.8. The van der Waals surface area contributed by atoms with Crippen LogP contribution in [-0.2, 0) is 4.79 Å². The normalized spacial score (nSPS) is 21.3. The maximum Gasteiger partial charge on any atom is 0.254 e. The van der Waals surface area contributed by atoms with Gasteiger partial charge in [-0.05, 0) is 89.1 Å². The molecule has 3 aliphatic rings. The Bertz CT molecular complexity index is 1070. The molecule has 2 aromatic carbocycles. The van der Waals surface area contributed by atoms with Gasteiger partial charge in [-0.3, -0.25) is 9.69 Å². The van der Waals surface area contributed by atoms with Crippen molar-refractivity contribution in [3.63, 3.8) is 0 Å². The van der Waals surface area contributed by atoms with Crippen LogP contribution in [0.3, 0.4) is 0 Å². The molecule has 0 spiro atoms. The molecule has 0 unspecified atom stereocenters. The molecule has 4 nitrogen and oxygen atoms in total. The fraction of sp³-hybridized carbons (Fsp3) is 0.469. The van der Waals surface area contributed by atoms with Gasteiger partial charge in [0.1, 0.15) is 0 Å². The van der Waals surface area contributed by atoms with Crippen LogP contribution >= 0.6 is 0 Å². The minimum Gasteiger partial charge on any atom is -0.339 e. The number of anilines is 2. The van der Waals surface area contributed by atoms with E-state index >= 15 is 0 Å². The van der Waals surface area contributed by atoms with Crippen molar-refractivity contribution < 1.29 is 4.79 Å². The number of benzene rings is 2. The van der Waals surface area contributed by atoms with E-state index in [1.165, 1.54) is 22.5 Å². The van der Waals surface area contributed by atoms with Crippen LogP contribution in [0.15, 0.2) is 83.5 Å². The monoisotopic (exact) mass is 483 g/mol. The molecule has 190 valence electrons. The number of carbonyl (C=O) groups excluding carboxylic acids is 1. The van der Waals surface area contributed by atoms with Crippen molar-refractivity contribution >= 4 is 17.3 Å². The number of nitrogens with zero attached hydrogens (tertiary/aromatic N) is 3. The summed E-state index contributed by atoms with van der Waals surface area (Å²) in [6, 6.07) is 22.2. The van der Waals surface area contributed by atoms with Gasteiger partial charge in [-0.25, -0.2) is 0 Å². The van der Waals surface area contributed by atoms with E-state index < -0.39 is 0 Å². The van der Waals surface area contributed by atoms with E-state index in [0.29, 0.717) is 6.04 Å². The number of piperidine rings is 2. The van der Waals surface area contributed by atoms with Crippen LogP contribution < -0.4 is 4.90 Å². The SMILES string of the molecule is CC1=CCCC(C)=C1C(=O)N1CCC(C)(N2CCC(N(c3ccccc3)c3ccccc3)CC2)CC1. The van der Waals surface area contributed by atoms with Crippen LogP contribution in [0.25, 0.3) is 0 Å². The number of rotatable bonds is 5. The topological polar surface area (TPSA) is 26.8 Å². The third-order valence-corrected chi connectivity index (χ3v) is 8.79. The predicted octanol–water partition coefficient (Wildman–Crippen LogP) is 6.73. The lowest BCUT2D eigenvalue weighted by Crippen LogP contribution is -2.58. The number of carbonyl (C=O) groups is 1. The summed E-state index contributed by atoms with van der Waals surface area (Å²) in [7, 11) is 0. The van der Waals surface area contributed by atoms with Crippen LogP contribution in [-0.4, -0.2) is 53.5 Å². The fourth-order valence-electron chi connectivity index (χ4n) is 6.50. The summed E-state index contributed by atoms with van der Waals surface area (Å²) in [4.78, 5) is 20.7. The van der Waals surface area contributed by atoms with Crippen LogP contribution in [0, 0.1) is 0 Å². The Morgan fingerprint density at radius 1 is 0.861 bits per heavy atom. The van der Waals surface area contributed by atoms with Crippen LogP contribution in [0.1, 0.15) is 59.3 Å². The van der Waals surface area contributed by atoms with E-state index in [1.807, 2.05) is 0 Å². The average Bonchev–Trinajstić information content (AvgIpc) is 2.91. The van der Waals surface area contributed by atoms with Crippen molar-refractivity contribution in [2.24, 2.45) is 0 Å². The van der Waals surface area contributed by atoms with Crippen molar-refractivity contribution in [3.8, 4) is 0 Å². The minimum atomic E-state index is 0.174. The van der Waals surface area contributed by atoms with E-state index in [-0.39, 0.29) is 11.4 Å². The molecule has 0 atom stereocenters. The lowest BCUT2D eigenvalue weighted by molar-refractivity contribution is -0.129. The number of hydrogen-bond acceptors (Lipinski definition) is 3. The number of likely N-dealkylation sites (tertiary alicyclic amines) is 2. The quantitative estimate of drug-likeness (QED) is 0.472. The lowest BCUT2D eigenvalue weighted by atomic mass is 9.84. The van der Waals surface area contributed by atoms with Gasteiger partial charge in [0.25, 0.3) is 5.91 Å². The molecule has 0 bridgehead atoms. The molecule has 0 radical (unpaired) electrons. The van der Waals surface area contributed by atoms with Crippen molar-refractivity contribution in [1.29, 1.82) is 0 Å². The summed E-state index contributed by atoms with van der Waals surface area (Å²) < 4.78 is 0. The molecule has 2 fully saturated rings. The van der Waals surface area contributed by atoms with Gasteiger partial charge in [0.2, 0.25) is 0 Å². The average molecular weight is 484 g/mol. The fourth-order valence-corrected chi connectivity index (χ4v) is 6.50. The van der Waals surface area contributed by atoms with E-state index in [1.54, 1.807) is 0 Å². The Kier molecular flexibility index (Phi) is 7.34. The van der Waals surface area contributed by atoms with Gasteiger partial charge in [-0.15, -0.1) is 0 Å². The Morgan fingerprint density at radius 3 is 1.94 bits per heavy atom. The number of amides is 1. The molecule has 2 aliphatic heterocycles.